The van der Waals surface area contributed by atoms with Gasteiger partial charge in [-0.15, -0.1) is 0 Å². The summed E-state index contributed by atoms with van der Waals surface area (Å²) in [4.78, 5) is 22.2. The van der Waals surface area contributed by atoms with Gasteiger partial charge in [-0.25, -0.2) is 0 Å². The molecule has 1 aliphatic rings. The van der Waals surface area contributed by atoms with Crippen LogP contribution in [0.15, 0.2) is 30.3 Å². The van der Waals surface area contributed by atoms with Crippen molar-refractivity contribution in [3.63, 3.8) is 0 Å². The van der Waals surface area contributed by atoms with Crippen molar-refractivity contribution in [2.24, 2.45) is 0 Å². The van der Waals surface area contributed by atoms with Gasteiger partial charge in [0.2, 0.25) is 0 Å². The zero-order valence-corrected chi connectivity index (χ0v) is 7.60. The number of ether oxygens (including phenoxy) is 1. The highest BCUT2D eigenvalue weighted by Crippen LogP contribution is 2.26. The van der Waals surface area contributed by atoms with E-state index in [2.05, 4.69) is 4.74 Å². The Morgan fingerprint density at radius 1 is 1.14 bits per heavy atom. The van der Waals surface area contributed by atoms with Crippen LogP contribution in [0.5, 0.6) is 0 Å². The van der Waals surface area contributed by atoms with Crippen LogP contribution in [0.1, 0.15) is 24.3 Å². The van der Waals surface area contributed by atoms with Crippen LogP contribution in [0.3, 0.4) is 0 Å². The van der Waals surface area contributed by atoms with Gasteiger partial charge in [0.05, 0.1) is 5.92 Å². The molecule has 72 valence electrons. The Kier molecular flexibility index (Phi) is 2.31. The molecule has 1 saturated heterocycles. The Bertz CT molecular complexity index is 356. The van der Waals surface area contributed by atoms with Crippen LogP contribution in [0.2, 0.25) is 0 Å². The molecule has 0 bridgehead atoms. The number of rotatable bonds is 1. The molecular formula is C11H10O3. The summed E-state index contributed by atoms with van der Waals surface area (Å²) in [5.74, 6) is -1.11. The topological polar surface area (TPSA) is 43.4 Å². The van der Waals surface area contributed by atoms with Gasteiger partial charge in [-0.2, -0.15) is 0 Å². The van der Waals surface area contributed by atoms with E-state index < -0.39 is 11.9 Å². The van der Waals surface area contributed by atoms with Crippen molar-refractivity contribution in [3.8, 4) is 0 Å². The van der Waals surface area contributed by atoms with E-state index in [1.165, 1.54) is 0 Å². The molecular weight excluding hydrogens is 180 g/mol. The van der Waals surface area contributed by atoms with E-state index in [4.69, 9.17) is 0 Å². The van der Waals surface area contributed by atoms with Crippen LogP contribution < -0.4 is 0 Å². The van der Waals surface area contributed by atoms with E-state index in [1.807, 2.05) is 30.3 Å². The fraction of sp³-hybridized carbons (Fsp3) is 0.273. The maximum atomic E-state index is 11.4. The minimum Gasteiger partial charge on any atom is -0.393 e. The molecule has 1 fully saturated rings. The molecule has 0 N–H and O–H groups in total. The lowest BCUT2D eigenvalue weighted by atomic mass is 9.93. The maximum Gasteiger partial charge on any atom is 0.321 e. The average Bonchev–Trinajstić information content (AvgIpc) is 2.19. The molecule has 0 radical (unpaired) electrons. The van der Waals surface area contributed by atoms with E-state index in [0.29, 0.717) is 12.8 Å². The van der Waals surface area contributed by atoms with Crippen LogP contribution in [0.4, 0.5) is 0 Å². The number of esters is 2. The predicted molar refractivity (Wildman–Crippen MR) is 49.5 cm³/mol. The SMILES string of the molecule is O=C1CC[C@H](c2ccccc2)C(=O)O1. The number of benzene rings is 1. The van der Waals surface area contributed by atoms with Crippen molar-refractivity contribution >= 4 is 11.9 Å². The number of carbonyl (C=O) groups excluding carboxylic acids is 2. The van der Waals surface area contributed by atoms with Crippen molar-refractivity contribution in [2.75, 3.05) is 0 Å². The molecule has 0 amide bonds. The van der Waals surface area contributed by atoms with Gasteiger partial charge in [0.1, 0.15) is 0 Å². The van der Waals surface area contributed by atoms with Crippen molar-refractivity contribution in [1.82, 2.24) is 0 Å². The molecule has 3 nitrogen and oxygen atoms in total. The second-order valence-electron chi connectivity index (χ2n) is 3.30. The second kappa shape index (κ2) is 3.62. The van der Waals surface area contributed by atoms with Crippen LogP contribution in [-0.2, 0) is 14.3 Å². The third kappa shape index (κ3) is 1.66. The van der Waals surface area contributed by atoms with E-state index in [-0.39, 0.29) is 5.92 Å². The van der Waals surface area contributed by atoms with Gasteiger partial charge in [0.25, 0.3) is 0 Å². The van der Waals surface area contributed by atoms with E-state index in [1.54, 1.807) is 0 Å². The van der Waals surface area contributed by atoms with Crippen molar-refractivity contribution < 1.29 is 14.3 Å². The van der Waals surface area contributed by atoms with Gasteiger partial charge in [-0.1, -0.05) is 30.3 Å². The molecule has 14 heavy (non-hydrogen) atoms. The summed E-state index contributed by atoms with van der Waals surface area (Å²) in [5, 5.41) is 0. The monoisotopic (exact) mass is 190 g/mol. The van der Waals surface area contributed by atoms with Crippen LogP contribution in [0.25, 0.3) is 0 Å². The summed E-state index contributed by atoms with van der Waals surface area (Å²) in [5.41, 5.74) is 0.921. The number of hydrogen-bond acceptors (Lipinski definition) is 3. The molecule has 0 aliphatic carbocycles. The zero-order chi connectivity index (χ0) is 9.97. The Hall–Kier alpha value is -1.64. The van der Waals surface area contributed by atoms with Gasteiger partial charge in [0.15, 0.2) is 0 Å². The first kappa shape index (κ1) is 8.94. The van der Waals surface area contributed by atoms with Gasteiger partial charge >= 0.3 is 11.9 Å². The smallest absolute Gasteiger partial charge is 0.321 e. The first-order chi connectivity index (χ1) is 6.77. The van der Waals surface area contributed by atoms with Gasteiger partial charge in [-0.05, 0) is 12.0 Å². The van der Waals surface area contributed by atoms with E-state index in [9.17, 15) is 9.59 Å². The first-order valence-electron chi connectivity index (χ1n) is 4.57. The molecule has 0 unspecified atom stereocenters. The van der Waals surface area contributed by atoms with E-state index in [0.717, 1.165) is 5.56 Å². The van der Waals surface area contributed by atoms with Gasteiger partial charge in [0, 0.05) is 6.42 Å². The Morgan fingerprint density at radius 3 is 2.50 bits per heavy atom. The minimum absolute atomic E-state index is 0.270. The Labute approximate surface area is 81.7 Å². The number of cyclic esters (lactones) is 2. The fourth-order valence-electron chi connectivity index (χ4n) is 1.60. The zero-order valence-electron chi connectivity index (χ0n) is 7.60. The van der Waals surface area contributed by atoms with Crippen molar-refractivity contribution in [2.45, 2.75) is 18.8 Å². The minimum atomic E-state index is -0.424. The molecule has 1 heterocycles. The Balaban J connectivity index is 2.20. The maximum absolute atomic E-state index is 11.4. The summed E-state index contributed by atoms with van der Waals surface area (Å²) in [7, 11) is 0. The predicted octanol–water partition coefficient (Wildman–Crippen LogP) is 1.63. The van der Waals surface area contributed by atoms with E-state index >= 15 is 0 Å². The largest absolute Gasteiger partial charge is 0.393 e. The summed E-state index contributed by atoms with van der Waals surface area (Å²) in [6.07, 6.45) is 0.882. The lowest BCUT2D eigenvalue weighted by molar-refractivity contribution is -0.164. The summed E-state index contributed by atoms with van der Waals surface area (Å²) >= 11 is 0. The van der Waals surface area contributed by atoms with Gasteiger partial charge < -0.3 is 4.74 Å². The molecule has 0 spiro atoms. The van der Waals surface area contributed by atoms with Crippen molar-refractivity contribution in [1.29, 1.82) is 0 Å². The van der Waals surface area contributed by atoms with Gasteiger partial charge in [-0.3, -0.25) is 9.59 Å². The molecule has 1 aliphatic heterocycles. The third-order valence-corrected chi connectivity index (χ3v) is 2.34. The molecule has 1 aromatic rings. The van der Waals surface area contributed by atoms with Crippen LogP contribution >= 0.6 is 0 Å². The van der Waals surface area contributed by atoms with Crippen LogP contribution in [0, 0.1) is 0 Å². The molecule has 1 aromatic carbocycles. The number of carbonyl (C=O) groups is 2. The fourth-order valence-corrected chi connectivity index (χ4v) is 1.60. The second-order valence-corrected chi connectivity index (χ2v) is 3.30. The average molecular weight is 190 g/mol. The molecule has 0 aromatic heterocycles. The van der Waals surface area contributed by atoms with Crippen LogP contribution in [-0.4, -0.2) is 11.9 Å². The lowest BCUT2D eigenvalue weighted by Crippen LogP contribution is -2.26. The molecule has 1 atom stereocenters. The quantitative estimate of drug-likeness (QED) is 0.499. The normalized spacial score (nSPS) is 21.9. The summed E-state index contributed by atoms with van der Waals surface area (Å²) in [6, 6.07) is 9.39. The standard InChI is InChI=1S/C11H10O3/c12-10-7-6-9(11(13)14-10)8-4-2-1-3-5-8/h1-5,9H,6-7H2/t9-/m1/s1. The highest BCUT2D eigenvalue weighted by Gasteiger charge is 2.29. The molecule has 0 saturated carbocycles. The van der Waals surface area contributed by atoms with Crippen molar-refractivity contribution in [3.05, 3.63) is 35.9 Å². The Morgan fingerprint density at radius 2 is 1.86 bits per heavy atom. The summed E-state index contributed by atoms with van der Waals surface area (Å²) in [6.45, 7) is 0. The highest BCUT2D eigenvalue weighted by atomic mass is 16.6. The first-order valence-corrected chi connectivity index (χ1v) is 4.57. The highest BCUT2D eigenvalue weighted by molar-refractivity contribution is 5.92. The summed E-state index contributed by atoms with van der Waals surface area (Å²) < 4.78 is 4.58. The molecule has 2 rings (SSSR count). The lowest BCUT2D eigenvalue weighted by Gasteiger charge is -2.19. The molecule has 3 heteroatoms. The number of hydrogen-bond donors (Lipinski definition) is 0. The third-order valence-electron chi connectivity index (χ3n) is 2.34.